The number of carbonyl (C=O) groups is 4. The molecule has 9 aromatic rings. The summed E-state index contributed by atoms with van der Waals surface area (Å²) in [5.41, 5.74) is 24.0. The van der Waals surface area contributed by atoms with Gasteiger partial charge in [0, 0.05) is 32.9 Å². The van der Waals surface area contributed by atoms with Crippen molar-refractivity contribution in [3.8, 4) is 0 Å². The van der Waals surface area contributed by atoms with Gasteiger partial charge in [0.15, 0.2) is 0 Å². The molecule has 9 rings (SSSR count). The van der Waals surface area contributed by atoms with E-state index in [2.05, 4.69) is 449 Å². The fraction of sp³-hybridized carbons (Fsp3) is 0.513. The van der Waals surface area contributed by atoms with Gasteiger partial charge in [0.2, 0.25) is 0 Å². The zero-order valence-corrected chi connectivity index (χ0v) is 91.3. The van der Waals surface area contributed by atoms with Gasteiger partial charge >= 0.3 is 23.9 Å². The first-order chi connectivity index (χ1) is 59.1. The molecule has 12 heteroatoms. The van der Waals surface area contributed by atoms with E-state index < -0.39 is 23.9 Å². The lowest BCUT2D eigenvalue weighted by Gasteiger charge is -2.36. The summed E-state index contributed by atoms with van der Waals surface area (Å²) in [6, 6.07) is 54.3. The monoisotopic (exact) mass is 1840 g/mol. The fourth-order valence-electron chi connectivity index (χ4n) is 15.3. The van der Waals surface area contributed by atoms with Gasteiger partial charge in [-0.05, 0) is 268 Å². The SMILES string of the molecule is CC(C)(C)c1cc(Br)cc(C(C)(C)C)c1.COC(=O)c1cc(N(c2cc(C(C)(C)C)cc(C(C)(C)C)c2)c2cc(C(C)(C)C)cc(C(C)(C)C)c2)c(C(=O)OC)cc1N(c1cc(C(C)(C)C)cc(C(C)(C)C)c1)c1cc(C(C)(C)C)cc(C(C)(C)C)c1.COC(=O)c1cc(Nc2cc(C(C)(C)C)cc(C(C)(C)C)c2)c(C(=O)OC)cc1Cc1cc(C(C)(C)C)cc(C(C)(C)C)c1. The van der Waals surface area contributed by atoms with Crippen molar-refractivity contribution < 1.29 is 38.1 Å². The van der Waals surface area contributed by atoms with Crippen molar-refractivity contribution in [2.75, 3.05) is 43.6 Å². The summed E-state index contributed by atoms with van der Waals surface area (Å²) >= 11 is 3.60. The van der Waals surface area contributed by atoms with E-state index in [1.54, 1.807) is 12.1 Å². The summed E-state index contributed by atoms with van der Waals surface area (Å²) in [5.74, 6) is -2.00. The van der Waals surface area contributed by atoms with Crippen LogP contribution in [0.15, 0.2) is 156 Å². The Bertz CT molecular complexity index is 4960. The summed E-state index contributed by atoms with van der Waals surface area (Å²) in [6.07, 6.45) is 0.454. The lowest BCUT2D eigenvalue weighted by molar-refractivity contribution is 0.0586. The second kappa shape index (κ2) is 39.0. The molecule has 0 atom stereocenters. The van der Waals surface area contributed by atoms with E-state index in [1.807, 2.05) is 12.1 Å². The molecule has 0 radical (unpaired) electrons. The maximum Gasteiger partial charge on any atom is 0.340 e. The number of ether oxygens (including phenoxy) is 4. The number of halogens is 1. The topological polar surface area (TPSA) is 124 Å². The van der Waals surface area contributed by atoms with Crippen molar-refractivity contribution in [1.82, 2.24) is 0 Å². The Kier molecular flexibility index (Phi) is 32.4. The minimum absolute atomic E-state index is 0.0559. The van der Waals surface area contributed by atoms with E-state index in [4.69, 9.17) is 18.9 Å². The van der Waals surface area contributed by atoms with Crippen molar-refractivity contribution in [3.63, 3.8) is 0 Å². The van der Waals surface area contributed by atoms with Gasteiger partial charge in [-0.1, -0.05) is 361 Å². The number of esters is 4. The number of rotatable bonds is 14. The molecule has 1 N–H and O–H groups in total. The third kappa shape index (κ3) is 28.0. The average molecular weight is 1850 g/mol. The number of benzene rings is 9. The molecule has 11 nitrogen and oxygen atoms in total. The van der Waals surface area contributed by atoms with Crippen LogP contribution < -0.4 is 15.1 Å². The van der Waals surface area contributed by atoms with Crippen LogP contribution in [-0.2, 0) is 101 Å². The van der Waals surface area contributed by atoms with Crippen LogP contribution in [0.25, 0.3) is 0 Å². The van der Waals surface area contributed by atoms with Crippen molar-refractivity contribution in [1.29, 1.82) is 0 Å². The Morgan fingerprint density at radius 3 is 0.641 bits per heavy atom. The zero-order chi connectivity index (χ0) is 100. The third-order valence-electron chi connectivity index (χ3n) is 24.8. The molecule has 0 saturated carbocycles. The van der Waals surface area contributed by atoms with E-state index in [1.165, 1.54) is 66.3 Å². The highest BCUT2D eigenvalue weighted by molar-refractivity contribution is 9.10. The van der Waals surface area contributed by atoms with Gasteiger partial charge in [-0.15, -0.1) is 0 Å². The van der Waals surface area contributed by atoms with E-state index in [-0.39, 0.29) is 75.8 Å². The zero-order valence-electron chi connectivity index (χ0n) is 89.7. The standard InChI is InChI=1S/C66H92N2O4.C39H53NO4.C14H21Br/c1-59(2,3)41-27-42(60(4,5)6)32-49(31-41)67(50-33-43(61(7,8)9)28-44(34-50)62(10,11)12)55-39-54(58(70)72-26)56(40-53(55)57(69)71-25)68(51-35-45(63(13,14)15)29-46(36-51)64(16,17)18)52-37-47(65(19,20)21)30-48(38-52)66(22,23)24;1-36(2,3)26-16-24(17-27(19-26)37(4,5)6)15-25-18-32(35(42)44-14)33(23-31(25)34(41)43-13)40-30-21-28(38(7,8)9)20-29(22-30)39(10,11)12;1-13(2,3)10-7-11(14(4,5)6)9-12(15)8-10/h27-40H,1-26H3;16-23,40H,15H2,1-14H3;7-9H,1-6H3. The molecular weight excluding hydrogens is 1680 g/mol. The van der Waals surface area contributed by atoms with Crippen molar-refractivity contribution in [2.24, 2.45) is 0 Å². The number of hydrogen-bond donors (Lipinski definition) is 1. The lowest BCUT2D eigenvalue weighted by atomic mass is 9.79. The van der Waals surface area contributed by atoms with E-state index in [9.17, 15) is 9.59 Å². The van der Waals surface area contributed by atoms with Crippen LogP contribution in [0.5, 0.6) is 0 Å². The molecule has 9 aromatic carbocycles. The summed E-state index contributed by atoms with van der Waals surface area (Å²) in [6.45, 7) is 93.5. The predicted octanol–water partition coefficient (Wildman–Crippen LogP) is 33.4. The number of anilines is 8. The molecule has 0 spiro atoms. The van der Waals surface area contributed by atoms with E-state index in [0.717, 1.165) is 78.5 Å². The van der Waals surface area contributed by atoms with E-state index in [0.29, 0.717) is 51.3 Å². The molecule has 712 valence electrons. The van der Waals surface area contributed by atoms with Gasteiger partial charge in [0.1, 0.15) is 0 Å². The van der Waals surface area contributed by atoms with Gasteiger partial charge < -0.3 is 34.1 Å². The molecular formula is C119H166BrN3O8. The maximum atomic E-state index is 15.1. The first-order valence-corrected chi connectivity index (χ1v) is 47.7. The highest BCUT2D eigenvalue weighted by Gasteiger charge is 2.37. The number of carbonyl (C=O) groups excluding carboxylic acids is 4. The Hall–Kier alpha value is -9.26. The average Bonchev–Trinajstić information content (AvgIpc) is 0.727. The molecule has 0 heterocycles. The molecule has 0 fully saturated rings. The predicted molar refractivity (Wildman–Crippen MR) is 563 cm³/mol. The summed E-state index contributed by atoms with van der Waals surface area (Å²) < 4.78 is 23.3. The second-order valence-corrected chi connectivity index (χ2v) is 51.8. The number of methoxy groups -OCH3 is 4. The van der Waals surface area contributed by atoms with Gasteiger partial charge in [-0.2, -0.15) is 0 Å². The van der Waals surface area contributed by atoms with Gasteiger partial charge in [0.05, 0.1) is 67.8 Å². The van der Waals surface area contributed by atoms with E-state index >= 15 is 9.59 Å². The molecule has 0 aliphatic carbocycles. The van der Waals surface area contributed by atoms with Gasteiger partial charge in [0.25, 0.3) is 0 Å². The fourth-order valence-corrected chi connectivity index (χ4v) is 15.8. The number of nitrogens with zero attached hydrogens (tertiary/aromatic N) is 2. The molecule has 0 bridgehead atoms. The molecule has 131 heavy (non-hydrogen) atoms. The summed E-state index contributed by atoms with van der Waals surface area (Å²) in [7, 11) is 5.62. The highest BCUT2D eigenvalue weighted by Crippen LogP contribution is 2.51. The Morgan fingerprint density at radius 2 is 0.427 bits per heavy atom. The first-order valence-electron chi connectivity index (χ1n) is 46.9. The Balaban J connectivity index is 0.000000333. The maximum absolute atomic E-state index is 15.1. The minimum Gasteiger partial charge on any atom is -0.465 e. The molecule has 0 aliphatic rings. The Morgan fingerprint density at radius 1 is 0.237 bits per heavy atom. The molecule has 0 aromatic heterocycles. The summed E-state index contributed by atoms with van der Waals surface area (Å²) in [5, 5.41) is 3.47. The van der Waals surface area contributed by atoms with Crippen LogP contribution in [0, 0.1) is 0 Å². The van der Waals surface area contributed by atoms with Crippen LogP contribution in [0.3, 0.4) is 0 Å². The first kappa shape index (κ1) is 109. The smallest absolute Gasteiger partial charge is 0.340 e. The van der Waals surface area contributed by atoms with Crippen LogP contribution in [0.1, 0.15) is 421 Å². The quantitative estimate of drug-likeness (QED) is 0.0827. The largest absolute Gasteiger partial charge is 0.465 e. The second-order valence-electron chi connectivity index (χ2n) is 50.9. The molecule has 0 amide bonds. The lowest BCUT2D eigenvalue weighted by Crippen LogP contribution is -2.24. The van der Waals surface area contributed by atoms with Crippen LogP contribution in [0.2, 0.25) is 0 Å². The van der Waals surface area contributed by atoms with Crippen molar-refractivity contribution in [2.45, 2.75) is 373 Å². The number of hydrogen-bond acceptors (Lipinski definition) is 11. The summed E-state index contributed by atoms with van der Waals surface area (Å²) in [4.78, 5) is 60.9. The highest BCUT2D eigenvalue weighted by atomic mass is 79.9. The van der Waals surface area contributed by atoms with Crippen LogP contribution in [-0.4, -0.2) is 52.3 Å². The normalized spacial score (nSPS) is 13.0. The third-order valence-corrected chi connectivity index (χ3v) is 25.2. The molecule has 0 saturated heterocycles. The van der Waals surface area contributed by atoms with Crippen LogP contribution >= 0.6 is 15.9 Å². The van der Waals surface area contributed by atoms with Crippen molar-refractivity contribution >= 4 is 85.3 Å². The van der Waals surface area contributed by atoms with Crippen molar-refractivity contribution in [3.05, 3.63) is 267 Å². The molecule has 0 aliphatic heterocycles. The number of nitrogens with one attached hydrogen (secondary N) is 1. The van der Waals surface area contributed by atoms with Gasteiger partial charge in [-0.25, -0.2) is 19.2 Å². The Labute approximate surface area is 802 Å². The van der Waals surface area contributed by atoms with Gasteiger partial charge in [-0.3, -0.25) is 0 Å². The minimum atomic E-state index is -0.531. The van der Waals surface area contributed by atoms with Crippen LogP contribution in [0.4, 0.5) is 45.5 Å². The molecule has 0 unspecified atom stereocenters.